The molecule has 5 heteroatoms. The van der Waals surface area contributed by atoms with Gasteiger partial charge in [-0.3, -0.25) is 0 Å². The Kier molecular flexibility index (Phi) is 3.27. The molecule has 2 aromatic heterocycles. The van der Waals surface area contributed by atoms with Crippen molar-refractivity contribution >= 4 is 39.0 Å². The number of hydrogen-bond acceptors (Lipinski definition) is 4. The quantitative estimate of drug-likeness (QED) is 0.799. The molecule has 2 rings (SSSR count). The van der Waals surface area contributed by atoms with Gasteiger partial charge in [-0.05, 0) is 26.8 Å². The summed E-state index contributed by atoms with van der Waals surface area (Å²) in [4.78, 5) is 13.1. The van der Waals surface area contributed by atoms with Crippen LogP contribution in [0.25, 0.3) is 10.2 Å². The summed E-state index contributed by atoms with van der Waals surface area (Å²) in [6.45, 7) is 6.29. The molecule has 0 aromatic carbocycles. The zero-order valence-electron chi connectivity index (χ0n) is 10.5. The van der Waals surface area contributed by atoms with Crippen molar-refractivity contribution < 1.29 is 0 Å². The van der Waals surface area contributed by atoms with Crippen molar-refractivity contribution in [1.29, 1.82) is 0 Å². The first-order chi connectivity index (χ1) is 7.95. The van der Waals surface area contributed by atoms with E-state index in [0.717, 1.165) is 16.0 Å². The molecule has 3 nitrogen and oxygen atoms in total. The van der Waals surface area contributed by atoms with E-state index < -0.39 is 0 Å². The van der Waals surface area contributed by atoms with Crippen molar-refractivity contribution in [2.45, 2.75) is 26.3 Å². The molecule has 2 heterocycles. The highest BCUT2D eigenvalue weighted by Gasteiger charge is 2.25. The Balaban J connectivity index is 2.55. The molecular formula is C12H16ClN3S. The average molecular weight is 270 g/mol. The summed E-state index contributed by atoms with van der Waals surface area (Å²) < 4.78 is 0. The van der Waals surface area contributed by atoms with E-state index in [9.17, 15) is 0 Å². The Hall–Kier alpha value is -0.870. The molecule has 0 spiro atoms. The lowest BCUT2D eigenvalue weighted by Gasteiger charge is -2.35. The average Bonchev–Trinajstić information content (AvgIpc) is 2.67. The molecule has 0 unspecified atom stereocenters. The lowest BCUT2D eigenvalue weighted by molar-refractivity contribution is 0.541. The monoisotopic (exact) mass is 269 g/mol. The largest absolute Gasteiger partial charge is 0.353 e. The van der Waals surface area contributed by atoms with Crippen molar-refractivity contribution in [3.05, 3.63) is 17.3 Å². The molecule has 0 amide bonds. The van der Waals surface area contributed by atoms with Crippen LogP contribution in [0.15, 0.2) is 12.4 Å². The van der Waals surface area contributed by atoms with Gasteiger partial charge < -0.3 is 4.90 Å². The van der Waals surface area contributed by atoms with Gasteiger partial charge in [0, 0.05) is 23.3 Å². The highest BCUT2D eigenvalue weighted by molar-refractivity contribution is 7.18. The third kappa shape index (κ3) is 2.24. The second-order valence-electron chi connectivity index (χ2n) is 4.78. The van der Waals surface area contributed by atoms with Crippen molar-refractivity contribution in [2.75, 3.05) is 17.8 Å². The molecular weight excluding hydrogens is 254 g/mol. The number of thiophene rings is 1. The summed E-state index contributed by atoms with van der Waals surface area (Å²) in [6.07, 6.45) is 1.62. The van der Waals surface area contributed by atoms with Gasteiger partial charge in [0.1, 0.15) is 17.0 Å². The smallest absolute Gasteiger partial charge is 0.140 e. The van der Waals surface area contributed by atoms with Crippen LogP contribution in [0, 0.1) is 6.92 Å². The molecule has 0 aliphatic carbocycles. The lowest BCUT2D eigenvalue weighted by atomic mass is 10.1. The minimum Gasteiger partial charge on any atom is -0.353 e. The van der Waals surface area contributed by atoms with E-state index in [1.807, 2.05) is 7.05 Å². The molecule has 0 saturated carbocycles. The van der Waals surface area contributed by atoms with E-state index in [0.29, 0.717) is 5.88 Å². The SMILES string of the molecule is Cc1cc2c(N(C)C(C)(C)CCl)ncnc2s1. The first-order valence-corrected chi connectivity index (χ1v) is 6.82. The van der Waals surface area contributed by atoms with Crippen LogP contribution in [-0.2, 0) is 0 Å². The molecule has 0 aliphatic rings. The van der Waals surface area contributed by atoms with E-state index >= 15 is 0 Å². The summed E-state index contributed by atoms with van der Waals surface area (Å²) in [6, 6.07) is 2.14. The normalized spacial score (nSPS) is 12.1. The van der Waals surface area contributed by atoms with E-state index in [1.54, 1.807) is 17.7 Å². The molecule has 0 fully saturated rings. The summed E-state index contributed by atoms with van der Waals surface area (Å²) in [5.74, 6) is 1.50. The molecule has 2 aromatic rings. The summed E-state index contributed by atoms with van der Waals surface area (Å²) in [5.41, 5.74) is -0.126. The van der Waals surface area contributed by atoms with Crippen molar-refractivity contribution in [1.82, 2.24) is 9.97 Å². The van der Waals surface area contributed by atoms with Gasteiger partial charge in [0.15, 0.2) is 0 Å². The fourth-order valence-electron chi connectivity index (χ4n) is 1.61. The Morgan fingerprint density at radius 3 is 2.76 bits per heavy atom. The topological polar surface area (TPSA) is 29.0 Å². The number of halogens is 1. The molecule has 0 aliphatic heterocycles. The van der Waals surface area contributed by atoms with Gasteiger partial charge >= 0.3 is 0 Å². The second-order valence-corrected chi connectivity index (χ2v) is 6.28. The van der Waals surface area contributed by atoms with E-state index in [-0.39, 0.29) is 5.54 Å². The van der Waals surface area contributed by atoms with Gasteiger partial charge in [0.25, 0.3) is 0 Å². The van der Waals surface area contributed by atoms with Crippen molar-refractivity contribution in [3.63, 3.8) is 0 Å². The molecule has 0 radical (unpaired) electrons. The summed E-state index contributed by atoms with van der Waals surface area (Å²) in [5, 5.41) is 1.11. The lowest BCUT2D eigenvalue weighted by Crippen LogP contribution is -2.43. The van der Waals surface area contributed by atoms with Crippen LogP contribution >= 0.6 is 22.9 Å². The molecule has 0 atom stereocenters. The van der Waals surface area contributed by atoms with Crippen LogP contribution in [0.2, 0.25) is 0 Å². The first-order valence-electron chi connectivity index (χ1n) is 5.46. The minimum atomic E-state index is -0.126. The number of rotatable bonds is 3. The molecule has 17 heavy (non-hydrogen) atoms. The predicted octanol–water partition coefficient (Wildman–Crippen LogP) is 3.45. The minimum absolute atomic E-state index is 0.126. The summed E-state index contributed by atoms with van der Waals surface area (Å²) in [7, 11) is 2.02. The zero-order chi connectivity index (χ0) is 12.6. The maximum Gasteiger partial charge on any atom is 0.140 e. The number of anilines is 1. The van der Waals surface area contributed by atoms with Gasteiger partial charge in [-0.25, -0.2) is 9.97 Å². The Labute approximate surface area is 110 Å². The van der Waals surface area contributed by atoms with Crippen LogP contribution in [0.1, 0.15) is 18.7 Å². The maximum absolute atomic E-state index is 6.01. The van der Waals surface area contributed by atoms with Crippen LogP contribution < -0.4 is 4.90 Å². The number of fused-ring (bicyclic) bond motifs is 1. The Bertz CT molecular complexity index is 536. The number of aromatic nitrogens is 2. The number of alkyl halides is 1. The molecule has 0 saturated heterocycles. The number of nitrogens with zero attached hydrogens (tertiary/aromatic N) is 3. The third-order valence-electron chi connectivity index (χ3n) is 2.98. The molecule has 0 N–H and O–H groups in total. The maximum atomic E-state index is 6.01. The Morgan fingerprint density at radius 2 is 2.12 bits per heavy atom. The van der Waals surface area contributed by atoms with Crippen LogP contribution in [0.3, 0.4) is 0 Å². The highest BCUT2D eigenvalue weighted by Crippen LogP contribution is 2.32. The first kappa shape index (κ1) is 12.6. The van der Waals surface area contributed by atoms with Gasteiger partial charge in [0.2, 0.25) is 0 Å². The number of aryl methyl sites for hydroxylation is 1. The van der Waals surface area contributed by atoms with Crippen molar-refractivity contribution in [3.8, 4) is 0 Å². The van der Waals surface area contributed by atoms with Crippen molar-refractivity contribution in [2.24, 2.45) is 0 Å². The van der Waals surface area contributed by atoms with Crippen LogP contribution in [-0.4, -0.2) is 28.4 Å². The number of hydrogen-bond donors (Lipinski definition) is 0. The Morgan fingerprint density at radius 1 is 1.41 bits per heavy atom. The second kappa shape index (κ2) is 4.42. The van der Waals surface area contributed by atoms with Gasteiger partial charge in [-0.2, -0.15) is 0 Å². The summed E-state index contributed by atoms with van der Waals surface area (Å²) >= 11 is 7.70. The van der Waals surface area contributed by atoms with Crippen LogP contribution in [0.5, 0.6) is 0 Å². The fourth-order valence-corrected chi connectivity index (χ4v) is 2.63. The standard InChI is InChI=1S/C12H16ClN3S/c1-8-5-9-10(14-7-15-11(9)17-8)16(4)12(2,3)6-13/h5,7H,6H2,1-4H3. The van der Waals surface area contributed by atoms with E-state index in [2.05, 4.69) is 41.7 Å². The van der Waals surface area contributed by atoms with Gasteiger partial charge in [-0.15, -0.1) is 22.9 Å². The highest BCUT2D eigenvalue weighted by atomic mass is 35.5. The van der Waals surface area contributed by atoms with Crippen LogP contribution in [0.4, 0.5) is 5.82 Å². The van der Waals surface area contributed by atoms with Gasteiger partial charge in [0.05, 0.1) is 5.39 Å². The van der Waals surface area contributed by atoms with Gasteiger partial charge in [-0.1, -0.05) is 0 Å². The zero-order valence-corrected chi connectivity index (χ0v) is 12.1. The molecule has 92 valence electrons. The fraction of sp³-hybridized carbons (Fsp3) is 0.500. The van der Waals surface area contributed by atoms with E-state index in [1.165, 1.54) is 4.88 Å². The predicted molar refractivity (Wildman–Crippen MR) is 75.4 cm³/mol. The third-order valence-corrected chi connectivity index (χ3v) is 4.60. The molecule has 0 bridgehead atoms. The van der Waals surface area contributed by atoms with E-state index in [4.69, 9.17) is 11.6 Å².